The Morgan fingerprint density at radius 3 is 2.56 bits per heavy atom. The number of nitrogens with zero attached hydrogens (tertiary/aromatic N) is 1. The van der Waals surface area contributed by atoms with Crippen LogP contribution in [0.1, 0.15) is 39.3 Å². The lowest BCUT2D eigenvalue weighted by molar-refractivity contribution is -0.124. The first-order valence-electron chi connectivity index (χ1n) is 6.16. The summed E-state index contributed by atoms with van der Waals surface area (Å²) in [6, 6.07) is 5.55. The quantitative estimate of drug-likeness (QED) is 0.724. The van der Waals surface area contributed by atoms with Gasteiger partial charge in [0.1, 0.15) is 5.78 Å². The Kier molecular flexibility index (Phi) is 5.43. The molecule has 0 amide bonds. The van der Waals surface area contributed by atoms with E-state index in [1.165, 1.54) is 0 Å². The van der Waals surface area contributed by atoms with Gasteiger partial charge in [0.15, 0.2) is 5.78 Å². The van der Waals surface area contributed by atoms with Gasteiger partial charge in [0.25, 0.3) is 0 Å². The molecular formula is C15H19NO2. The third-order valence-corrected chi connectivity index (χ3v) is 2.73. The van der Waals surface area contributed by atoms with Gasteiger partial charge in [-0.05, 0) is 30.7 Å². The maximum absolute atomic E-state index is 11.8. The van der Waals surface area contributed by atoms with Crippen molar-refractivity contribution in [2.24, 2.45) is 5.92 Å². The molecule has 0 aliphatic heterocycles. The fraction of sp³-hybridized carbons (Fsp3) is 0.400. The average Bonchev–Trinajstić information content (AvgIpc) is 2.36. The topological polar surface area (TPSA) is 47.0 Å². The van der Waals surface area contributed by atoms with Crippen LogP contribution in [-0.4, -0.2) is 16.6 Å². The normalized spacial score (nSPS) is 11.7. The molecule has 1 heterocycles. The molecular weight excluding hydrogens is 226 g/mol. The molecule has 18 heavy (non-hydrogen) atoms. The van der Waals surface area contributed by atoms with Crippen LogP contribution in [0.15, 0.2) is 30.0 Å². The standard InChI is InChI=1S/C15H19NO2/c1-11(2)14(17)7-8-15(18)12(3)10-13-6-4-5-9-16-13/h4-6,9-11H,7-8H2,1-3H3/b12-10+. The Bertz CT molecular complexity index is 447. The SMILES string of the molecule is C/C(=C\c1ccccn1)C(=O)CCC(=O)C(C)C. The molecule has 0 radical (unpaired) electrons. The summed E-state index contributed by atoms with van der Waals surface area (Å²) < 4.78 is 0. The van der Waals surface area contributed by atoms with E-state index in [0.717, 1.165) is 5.69 Å². The number of carbonyl (C=O) groups is 2. The van der Waals surface area contributed by atoms with Gasteiger partial charge in [-0.15, -0.1) is 0 Å². The molecule has 1 rings (SSSR count). The molecule has 0 aliphatic rings. The molecule has 0 N–H and O–H groups in total. The molecule has 0 saturated heterocycles. The fourth-order valence-electron chi connectivity index (χ4n) is 1.49. The van der Waals surface area contributed by atoms with Crippen molar-refractivity contribution in [3.8, 4) is 0 Å². The highest BCUT2D eigenvalue weighted by molar-refractivity contribution is 6.00. The summed E-state index contributed by atoms with van der Waals surface area (Å²) >= 11 is 0. The van der Waals surface area contributed by atoms with E-state index in [2.05, 4.69) is 4.98 Å². The lowest BCUT2D eigenvalue weighted by atomic mass is 10.0. The highest BCUT2D eigenvalue weighted by Crippen LogP contribution is 2.09. The second-order valence-electron chi connectivity index (χ2n) is 4.63. The Labute approximate surface area is 108 Å². The predicted octanol–water partition coefficient (Wildman–Crippen LogP) is 3.06. The smallest absolute Gasteiger partial charge is 0.159 e. The molecule has 0 atom stereocenters. The molecule has 0 aliphatic carbocycles. The van der Waals surface area contributed by atoms with E-state index in [4.69, 9.17) is 0 Å². The molecule has 1 aromatic heterocycles. The molecule has 0 aromatic carbocycles. The van der Waals surface area contributed by atoms with Crippen LogP contribution in [0.4, 0.5) is 0 Å². The summed E-state index contributed by atoms with van der Waals surface area (Å²) in [6.07, 6.45) is 4.05. The van der Waals surface area contributed by atoms with Crippen molar-refractivity contribution in [3.63, 3.8) is 0 Å². The zero-order chi connectivity index (χ0) is 13.5. The van der Waals surface area contributed by atoms with Crippen molar-refractivity contribution in [2.75, 3.05) is 0 Å². The molecule has 0 bridgehead atoms. The monoisotopic (exact) mass is 245 g/mol. The second kappa shape index (κ2) is 6.84. The summed E-state index contributed by atoms with van der Waals surface area (Å²) in [4.78, 5) is 27.4. The summed E-state index contributed by atoms with van der Waals surface area (Å²) in [5.74, 6) is 0.140. The van der Waals surface area contributed by atoms with E-state index >= 15 is 0 Å². The number of hydrogen-bond acceptors (Lipinski definition) is 3. The summed E-state index contributed by atoms with van der Waals surface area (Å²) in [5, 5.41) is 0. The maximum Gasteiger partial charge on any atom is 0.159 e. The molecule has 0 fully saturated rings. The molecule has 1 aromatic rings. The van der Waals surface area contributed by atoms with E-state index in [-0.39, 0.29) is 23.9 Å². The lowest BCUT2D eigenvalue weighted by Gasteiger charge is -2.03. The van der Waals surface area contributed by atoms with Gasteiger partial charge in [0, 0.05) is 25.0 Å². The summed E-state index contributed by atoms with van der Waals surface area (Å²) in [6.45, 7) is 5.46. The number of pyridine rings is 1. The van der Waals surface area contributed by atoms with Gasteiger partial charge in [-0.2, -0.15) is 0 Å². The zero-order valence-corrected chi connectivity index (χ0v) is 11.1. The Morgan fingerprint density at radius 1 is 1.28 bits per heavy atom. The van der Waals surface area contributed by atoms with Gasteiger partial charge in [-0.1, -0.05) is 19.9 Å². The molecule has 0 unspecified atom stereocenters. The van der Waals surface area contributed by atoms with Crippen LogP contribution in [0, 0.1) is 5.92 Å². The van der Waals surface area contributed by atoms with Gasteiger partial charge in [0.05, 0.1) is 5.69 Å². The van der Waals surface area contributed by atoms with E-state index in [0.29, 0.717) is 12.0 Å². The zero-order valence-electron chi connectivity index (χ0n) is 11.1. The van der Waals surface area contributed by atoms with Crippen molar-refractivity contribution >= 4 is 17.6 Å². The number of allylic oxidation sites excluding steroid dienone is 1. The lowest BCUT2D eigenvalue weighted by Crippen LogP contribution is -2.10. The minimum absolute atomic E-state index is 0.00197. The third kappa shape index (κ3) is 4.62. The summed E-state index contributed by atoms with van der Waals surface area (Å²) in [5.41, 5.74) is 1.41. The molecule has 0 saturated carbocycles. The van der Waals surface area contributed by atoms with Crippen LogP contribution in [0.25, 0.3) is 6.08 Å². The number of rotatable bonds is 6. The van der Waals surface area contributed by atoms with Crippen molar-refractivity contribution in [3.05, 3.63) is 35.7 Å². The van der Waals surface area contributed by atoms with Crippen molar-refractivity contribution in [1.82, 2.24) is 4.98 Å². The Balaban J connectivity index is 2.57. The number of Topliss-reactive ketones (excluding diaryl/α,β-unsaturated/α-hetero) is 2. The van der Waals surface area contributed by atoms with Gasteiger partial charge in [-0.3, -0.25) is 14.6 Å². The maximum atomic E-state index is 11.8. The summed E-state index contributed by atoms with van der Waals surface area (Å²) in [7, 11) is 0. The van der Waals surface area contributed by atoms with Crippen LogP contribution in [0.5, 0.6) is 0 Å². The molecule has 3 nitrogen and oxygen atoms in total. The minimum Gasteiger partial charge on any atom is -0.299 e. The number of hydrogen-bond donors (Lipinski definition) is 0. The third-order valence-electron chi connectivity index (χ3n) is 2.73. The van der Waals surface area contributed by atoms with E-state index < -0.39 is 0 Å². The number of ketones is 2. The van der Waals surface area contributed by atoms with Crippen molar-refractivity contribution < 1.29 is 9.59 Å². The van der Waals surface area contributed by atoms with Gasteiger partial charge < -0.3 is 0 Å². The van der Waals surface area contributed by atoms with Crippen LogP contribution >= 0.6 is 0 Å². The second-order valence-corrected chi connectivity index (χ2v) is 4.63. The van der Waals surface area contributed by atoms with Crippen molar-refractivity contribution in [2.45, 2.75) is 33.6 Å². The first-order chi connectivity index (χ1) is 8.50. The highest BCUT2D eigenvalue weighted by atomic mass is 16.1. The molecule has 3 heteroatoms. The predicted molar refractivity (Wildman–Crippen MR) is 72.0 cm³/mol. The Morgan fingerprint density at radius 2 is 2.00 bits per heavy atom. The van der Waals surface area contributed by atoms with Crippen LogP contribution in [-0.2, 0) is 9.59 Å². The van der Waals surface area contributed by atoms with Gasteiger partial charge >= 0.3 is 0 Å². The minimum atomic E-state index is -0.00197. The van der Waals surface area contributed by atoms with Crippen LogP contribution in [0.2, 0.25) is 0 Å². The average molecular weight is 245 g/mol. The first kappa shape index (κ1) is 14.3. The number of aromatic nitrogens is 1. The number of carbonyl (C=O) groups excluding carboxylic acids is 2. The van der Waals surface area contributed by atoms with Crippen LogP contribution < -0.4 is 0 Å². The van der Waals surface area contributed by atoms with Crippen molar-refractivity contribution in [1.29, 1.82) is 0 Å². The largest absolute Gasteiger partial charge is 0.299 e. The van der Waals surface area contributed by atoms with Gasteiger partial charge in [0.2, 0.25) is 0 Å². The fourth-order valence-corrected chi connectivity index (χ4v) is 1.49. The first-order valence-corrected chi connectivity index (χ1v) is 6.16. The molecule has 96 valence electrons. The van der Waals surface area contributed by atoms with E-state index in [1.807, 2.05) is 32.0 Å². The van der Waals surface area contributed by atoms with Gasteiger partial charge in [-0.25, -0.2) is 0 Å². The van der Waals surface area contributed by atoms with Crippen LogP contribution in [0.3, 0.4) is 0 Å². The van der Waals surface area contributed by atoms with E-state index in [9.17, 15) is 9.59 Å². The highest BCUT2D eigenvalue weighted by Gasteiger charge is 2.11. The molecule has 0 spiro atoms. The Hall–Kier alpha value is -1.77. The van der Waals surface area contributed by atoms with E-state index in [1.54, 1.807) is 19.2 Å².